The maximum Gasteiger partial charge on any atom is 0.303 e. The van der Waals surface area contributed by atoms with Crippen molar-refractivity contribution in [2.24, 2.45) is 0 Å². The van der Waals surface area contributed by atoms with Crippen LogP contribution in [0.25, 0.3) is 0 Å². The van der Waals surface area contributed by atoms with Crippen molar-refractivity contribution >= 4 is 54.8 Å². The number of sulfone groups is 2. The number of ether oxygens (including phenoxy) is 4. The summed E-state index contributed by atoms with van der Waals surface area (Å²) in [6.07, 6.45) is -1.06. The van der Waals surface area contributed by atoms with E-state index in [-0.39, 0.29) is 50.3 Å². The van der Waals surface area contributed by atoms with Crippen molar-refractivity contribution in [1.29, 1.82) is 0 Å². The highest BCUT2D eigenvalue weighted by Gasteiger charge is 2.24. The van der Waals surface area contributed by atoms with E-state index in [1.54, 1.807) is 6.92 Å². The van der Waals surface area contributed by atoms with E-state index >= 15 is 0 Å². The summed E-state index contributed by atoms with van der Waals surface area (Å²) in [5, 5.41) is -0.0884. The first-order chi connectivity index (χ1) is 18.2. The maximum absolute atomic E-state index is 13.2. The zero-order valence-electron chi connectivity index (χ0n) is 21.8. The van der Waals surface area contributed by atoms with Crippen LogP contribution in [0.1, 0.15) is 34.1 Å². The molecule has 0 amide bonds. The van der Waals surface area contributed by atoms with Crippen LogP contribution in [-0.2, 0) is 38.7 Å². The minimum atomic E-state index is -4.04. The van der Waals surface area contributed by atoms with Crippen molar-refractivity contribution in [2.45, 2.75) is 56.1 Å². The van der Waals surface area contributed by atoms with Gasteiger partial charge in [-0.3, -0.25) is 9.59 Å². The van der Waals surface area contributed by atoms with Gasteiger partial charge in [-0.25, -0.2) is 16.8 Å². The van der Waals surface area contributed by atoms with Crippen molar-refractivity contribution in [1.82, 2.24) is 0 Å². The summed E-state index contributed by atoms with van der Waals surface area (Å²) in [7, 11) is -7.48. The first-order valence-electron chi connectivity index (χ1n) is 11.8. The van der Waals surface area contributed by atoms with E-state index in [0.29, 0.717) is 6.42 Å². The number of carbonyl (C=O) groups excluding carboxylic acids is 2. The first-order valence-corrected chi connectivity index (χ1v) is 15.9. The SMILES string of the molecule is CC[C@@H](COc1c(Cl)cc(S(=O)(=O)c2ccc(OC[C@@H](CS(=O)(=O)CC)OC(C)=O)cc2)cc1Cl)OC(C)=O. The van der Waals surface area contributed by atoms with Gasteiger partial charge in [-0.1, -0.05) is 37.0 Å². The van der Waals surface area contributed by atoms with Crippen LogP contribution in [0.15, 0.2) is 46.2 Å². The quantitative estimate of drug-likeness (QED) is 0.279. The van der Waals surface area contributed by atoms with Gasteiger partial charge in [-0.2, -0.15) is 0 Å². The lowest BCUT2D eigenvalue weighted by atomic mass is 10.3. The van der Waals surface area contributed by atoms with Crippen molar-refractivity contribution in [2.75, 3.05) is 24.7 Å². The Balaban J connectivity index is 2.17. The van der Waals surface area contributed by atoms with Crippen molar-refractivity contribution in [3.8, 4) is 11.5 Å². The summed E-state index contributed by atoms with van der Waals surface area (Å²) in [5.74, 6) is -1.35. The molecule has 0 saturated carbocycles. The molecule has 0 aliphatic rings. The number of benzene rings is 2. The molecule has 2 aromatic carbocycles. The molecule has 2 rings (SSSR count). The molecule has 0 heterocycles. The molecule has 2 aromatic rings. The lowest BCUT2D eigenvalue weighted by Gasteiger charge is -2.18. The molecular formula is C25H30Cl2O10S2. The fraction of sp³-hybridized carbons (Fsp3) is 0.440. The Hall–Kier alpha value is -2.54. The molecule has 216 valence electrons. The maximum atomic E-state index is 13.2. The van der Waals surface area contributed by atoms with Gasteiger partial charge in [0.2, 0.25) is 9.84 Å². The molecule has 0 bridgehead atoms. The standard InChI is InChI=1S/C25H30Cl2O10S2/c1-5-18(36-16(3)28)13-35-25-23(26)11-22(12-24(25)27)39(32,33)21-9-7-19(8-10-21)34-14-20(37-17(4)29)15-38(30,31)6-2/h7-12,18,20H,5-6,13-15H2,1-4H3/t18-,20-/m0/s1. The largest absolute Gasteiger partial charge is 0.490 e. The molecule has 39 heavy (non-hydrogen) atoms. The van der Waals surface area contributed by atoms with E-state index in [1.165, 1.54) is 50.2 Å². The van der Waals surface area contributed by atoms with Gasteiger partial charge < -0.3 is 18.9 Å². The smallest absolute Gasteiger partial charge is 0.303 e. The Morgan fingerprint density at radius 1 is 0.795 bits per heavy atom. The molecule has 0 fully saturated rings. The highest BCUT2D eigenvalue weighted by Crippen LogP contribution is 2.37. The predicted molar refractivity (Wildman–Crippen MR) is 145 cm³/mol. The van der Waals surface area contributed by atoms with Gasteiger partial charge in [-0.15, -0.1) is 0 Å². The number of esters is 2. The average Bonchev–Trinajstić information content (AvgIpc) is 2.85. The van der Waals surface area contributed by atoms with Crippen LogP contribution < -0.4 is 9.47 Å². The zero-order chi connectivity index (χ0) is 29.4. The lowest BCUT2D eigenvalue weighted by molar-refractivity contribution is -0.148. The molecule has 0 spiro atoms. The first kappa shape index (κ1) is 32.7. The van der Waals surface area contributed by atoms with Crippen LogP contribution in [0.3, 0.4) is 0 Å². The van der Waals surface area contributed by atoms with Crippen LogP contribution in [0.2, 0.25) is 10.0 Å². The van der Waals surface area contributed by atoms with Gasteiger partial charge in [0.05, 0.1) is 25.6 Å². The van der Waals surface area contributed by atoms with Gasteiger partial charge in [0.15, 0.2) is 15.6 Å². The zero-order valence-corrected chi connectivity index (χ0v) is 25.0. The van der Waals surface area contributed by atoms with Crippen LogP contribution in [0.5, 0.6) is 11.5 Å². The number of hydrogen-bond acceptors (Lipinski definition) is 10. The van der Waals surface area contributed by atoms with E-state index in [1.807, 2.05) is 0 Å². The Morgan fingerprint density at radius 2 is 1.31 bits per heavy atom. The number of rotatable bonds is 14. The van der Waals surface area contributed by atoms with Gasteiger partial charge in [0.25, 0.3) is 0 Å². The van der Waals surface area contributed by atoms with Crippen LogP contribution >= 0.6 is 23.2 Å². The second kappa shape index (κ2) is 14.2. The van der Waals surface area contributed by atoms with Crippen LogP contribution in [-0.4, -0.2) is 65.7 Å². The molecule has 10 nitrogen and oxygen atoms in total. The van der Waals surface area contributed by atoms with E-state index in [2.05, 4.69) is 0 Å². The molecular weight excluding hydrogens is 595 g/mol. The summed E-state index contributed by atoms with van der Waals surface area (Å²) < 4.78 is 71.5. The Kier molecular flexibility index (Phi) is 11.9. The number of halogens is 2. The Bertz CT molecular complexity index is 1350. The van der Waals surface area contributed by atoms with Crippen molar-refractivity contribution in [3.63, 3.8) is 0 Å². The minimum Gasteiger partial charge on any atom is -0.490 e. The third-order valence-electron chi connectivity index (χ3n) is 5.27. The average molecular weight is 626 g/mol. The van der Waals surface area contributed by atoms with Gasteiger partial charge in [0.1, 0.15) is 31.2 Å². The Morgan fingerprint density at radius 3 is 1.79 bits per heavy atom. The van der Waals surface area contributed by atoms with Gasteiger partial charge in [0, 0.05) is 19.6 Å². The number of hydrogen-bond donors (Lipinski definition) is 0. The summed E-state index contributed by atoms with van der Waals surface area (Å²) in [6.45, 7) is 5.46. The monoisotopic (exact) mass is 624 g/mol. The van der Waals surface area contributed by atoms with E-state index in [4.69, 9.17) is 42.1 Å². The highest BCUT2D eigenvalue weighted by atomic mass is 35.5. The van der Waals surface area contributed by atoms with Crippen LogP contribution in [0.4, 0.5) is 0 Å². The van der Waals surface area contributed by atoms with Gasteiger partial charge >= 0.3 is 11.9 Å². The second-order valence-corrected chi connectivity index (χ2v) is 13.5. The van der Waals surface area contributed by atoms with E-state index in [0.717, 1.165) is 6.92 Å². The highest BCUT2D eigenvalue weighted by molar-refractivity contribution is 7.91. The Labute approximate surface area is 238 Å². The summed E-state index contributed by atoms with van der Waals surface area (Å²) in [6, 6.07) is 7.76. The fourth-order valence-electron chi connectivity index (χ4n) is 3.27. The predicted octanol–water partition coefficient (Wildman–Crippen LogP) is 4.29. The molecule has 0 aliphatic heterocycles. The molecule has 0 aliphatic carbocycles. The normalized spacial score (nSPS) is 13.3. The summed E-state index contributed by atoms with van der Waals surface area (Å²) in [5.41, 5.74) is 0. The fourth-order valence-corrected chi connectivity index (χ4v) is 6.27. The van der Waals surface area contributed by atoms with Crippen molar-refractivity contribution < 1.29 is 45.4 Å². The molecule has 14 heteroatoms. The van der Waals surface area contributed by atoms with E-state index < -0.39 is 49.6 Å². The molecule has 0 N–H and O–H groups in total. The second-order valence-electron chi connectivity index (χ2n) is 8.38. The third kappa shape index (κ3) is 9.86. The molecule has 0 aromatic heterocycles. The molecule has 0 radical (unpaired) electrons. The number of carbonyl (C=O) groups is 2. The van der Waals surface area contributed by atoms with E-state index in [9.17, 15) is 26.4 Å². The topological polar surface area (TPSA) is 139 Å². The van der Waals surface area contributed by atoms with Crippen LogP contribution in [0, 0.1) is 0 Å². The van der Waals surface area contributed by atoms with Gasteiger partial charge in [-0.05, 0) is 42.8 Å². The third-order valence-corrected chi connectivity index (χ3v) is 9.34. The molecule has 2 atom stereocenters. The molecule has 0 unspecified atom stereocenters. The lowest BCUT2D eigenvalue weighted by Crippen LogP contribution is -2.32. The van der Waals surface area contributed by atoms with Crippen molar-refractivity contribution in [3.05, 3.63) is 46.4 Å². The summed E-state index contributed by atoms with van der Waals surface area (Å²) in [4.78, 5) is 22.3. The summed E-state index contributed by atoms with van der Waals surface area (Å²) >= 11 is 12.5. The minimum absolute atomic E-state index is 0.0221. The molecule has 0 saturated heterocycles.